The van der Waals surface area contributed by atoms with Crippen molar-refractivity contribution in [1.29, 1.82) is 0 Å². The van der Waals surface area contributed by atoms with Gasteiger partial charge in [-0.2, -0.15) is 0 Å². The molecule has 0 aromatic heterocycles. The number of aliphatic carboxylic acids is 2. The van der Waals surface area contributed by atoms with E-state index in [4.69, 9.17) is 10.2 Å². The van der Waals surface area contributed by atoms with Crippen LogP contribution in [0.4, 0.5) is 0 Å². The lowest BCUT2D eigenvalue weighted by atomic mass is 9.91. The standard InChI is InChI=1S/C50H83NO4/c52-49(53)40-32-22-18-14-10-6-2-1-4-8-12-16-20-26-34-46(35-27-21-17-13-9-5-3-7-11-15-19-23-33-41-50(54)55)42-43-51(44-47-36-28-24-29-37-47)45-48-38-30-25-31-39-48/h24-25,28-31,36-39,46H,1-23,26-27,32-35,40-45H2,(H,52,53)(H,54,55). The van der Waals surface area contributed by atoms with Gasteiger partial charge in [0.2, 0.25) is 0 Å². The molecule has 5 nitrogen and oxygen atoms in total. The lowest BCUT2D eigenvalue weighted by Gasteiger charge is -2.26. The first kappa shape index (κ1) is 48.5. The van der Waals surface area contributed by atoms with Crippen LogP contribution in [0.1, 0.15) is 217 Å². The predicted octanol–water partition coefficient (Wildman–Crippen LogP) is 15.0. The molecule has 5 heteroatoms. The van der Waals surface area contributed by atoms with E-state index in [0.29, 0.717) is 12.8 Å². The maximum atomic E-state index is 10.6. The molecule has 2 N–H and O–H groups in total. The van der Waals surface area contributed by atoms with E-state index in [0.717, 1.165) is 44.7 Å². The second-order valence-corrected chi connectivity index (χ2v) is 16.7. The third-order valence-electron chi connectivity index (χ3n) is 11.6. The average molecular weight is 762 g/mol. The third kappa shape index (κ3) is 31.2. The summed E-state index contributed by atoms with van der Waals surface area (Å²) in [6.07, 6.45) is 39.5. The molecule has 1 unspecified atom stereocenters. The Labute approximate surface area is 338 Å². The van der Waals surface area contributed by atoms with Crippen LogP contribution in [0.15, 0.2) is 60.7 Å². The predicted molar refractivity (Wildman–Crippen MR) is 234 cm³/mol. The first-order valence-corrected chi connectivity index (χ1v) is 23.3. The number of carboxylic acids is 2. The molecule has 2 rings (SSSR count). The average Bonchev–Trinajstić information content (AvgIpc) is 3.18. The van der Waals surface area contributed by atoms with Gasteiger partial charge in [0.1, 0.15) is 0 Å². The molecule has 0 bridgehead atoms. The van der Waals surface area contributed by atoms with Gasteiger partial charge in [0.05, 0.1) is 0 Å². The second-order valence-electron chi connectivity index (χ2n) is 16.7. The summed E-state index contributed by atoms with van der Waals surface area (Å²) in [5.74, 6) is -0.490. The van der Waals surface area contributed by atoms with E-state index in [1.54, 1.807) is 0 Å². The summed E-state index contributed by atoms with van der Waals surface area (Å²) in [5.41, 5.74) is 2.82. The highest BCUT2D eigenvalue weighted by molar-refractivity contribution is 5.66. The van der Waals surface area contributed by atoms with Gasteiger partial charge in [0.25, 0.3) is 0 Å². The summed E-state index contributed by atoms with van der Waals surface area (Å²) in [6.45, 7) is 3.20. The fourth-order valence-corrected chi connectivity index (χ4v) is 8.18. The molecule has 0 radical (unpaired) electrons. The van der Waals surface area contributed by atoms with Gasteiger partial charge in [-0.1, -0.05) is 234 Å². The molecule has 2 aromatic rings. The highest BCUT2D eigenvalue weighted by atomic mass is 16.4. The lowest BCUT2D eigenvalue weighted by Crippen LogP contribution is -2.25. The van der Waals surface area contributed by atoms with Crippen molar-refractivity contribution in [3.63, 3.8) is 0 Å². The Bertz CT molecular complexity index is 1100. The first-order chi connectivity index (χ1) is 27.0. The van der Waals surface area contributed by atoms with Gasteiger partial charge < -0.3 is 10.2 Å². The highest BCUT2D eigenvalue weighted by Gasteiger charge is 2.14. The summed E-state index contributed by atoms with van der Waals surface area (Å²) in [5, 5.41) is 17.5. The topological polar surface area (TPSA) is 77.8 Å². The van der Waals surface area contributed by atoms with E-state index in [-0.39, 0.29) is 0 Å². The summed E-state index contributed by atoms with van der Waals surface area (Å²) in [4.78, 5) is 23.9. The minimum atomic E-state index is -0.660. The van der Waals surface area contributed by atoms with Crippen LogP contribution in [0.3, 0.4) is 0 Å². The van der Waals surface area contributed by atoms with Crippen LogP contribution < -0.4 is 0 Å². The summed E-state index contributed by atoms with van der Waals surface area (Å²) in [7, 11) is 0. The molecule has 0 saturated heterocycles. The molecule has 0 aliphatic heterocycles. The molecule has 1 atom stereocenters. The third-order valence-corrected chi connectivity index (χ3v) is 11.6. The molecule has 0 aliphatic rings. The van der Waals surface area contributed by atoms with E-state index < -0.39 is 11.9 Å². The number of carbonyl (C=O) groups is 2. The molecule has 0 spiro atoms. The zero-order valence-electron chi connectivity index (χ0n) is 35.3. The number of rotatable bonds is 40. The van der Waals surface area contributed by atoms with Crippen molar-refractivity contribution in [2.75, 3.05) is 6.54 Å². The number of unbranched alkanes of at least 4 members (excludes halogenated alkanes) is 25. The van der Waals surface area contributed by atoms with Crippen molar-refractivity contribution >= 4 is 11.9 Å². The minimum absolute atomic E-state index is 0.327. The van der Waals surface area contributed by atoms with Crippen LogP contribution in [0.25, 0.3) is 0 Å². The van der Waals surface area contributed by atoms with Crippen LogP contribution in [0, 0.1) is 5.92 Å². The van der Waals surface area contributed by atoms with Crippen LogP contribution in [0.2, 0.25) is 0 Å². The Morgan fingerprint density at radius 2 is 0.655 bits per heavy atom. The summed E-state index contributed by atoms with van der Waals surface area (Å²) < 4.78 is 0. The molecule has 0 saturated carbocycles. The smallest absolute Gasteiger partial charge is 0.303 e. The van der Waals surface area contributed by atoms with Crippen molar-refractivity contribution in [2.24, 2.45) is 5.92 Å². The van der Waals surface area contributed by atoms with Gasteiger partial charge in [-0.15, -0.1) is 0 Å². The van der Waals surface area contributed by atoms with Crippen molar-refractivity contribution in [3.05, 3.63) is 71.8 Å². The number of hydrogen-bond acceptors (Lipinski definition) is 3. The van der Waals surface area contributed by atoms with Gasteiger partial charge in [0.15, 0.2) is 0 Å². The van der Waals surface area contributed by atoms with Gasteiger partial charge in [-0.25, -0.2) is 0 Å². The zero-order valence-corrected chi connectivity index (χ0v) is 35.3. The monoisotopic (exact) mass is 762 g/mol. The summed E-state index contributed by atoms with van der Waals surface area (Å²) in [6, 6.07) is 22.0. The minimum Gasteiger partial charge on any atom is -0.481 e. The summed E-state index contributed by atoms with van der Waals surface area (Å²) >= 11 is 0. The van der Waals surface area contributed by atoms with Crippen molar-refractivity contribution in [3.8, 4) is 0 Å². The van der Waals surface area contributed by atoms with Gasteiger partial charge in [0, 0.05) is 25.9 Å². The maximum absolute atomic E-state index is 10.6. The van der Waals surface area contributed by atoms with E-state index >= 15 is 0 Å². The Balaban J connectivity index is 1.64. The largest absolute Gasteiger partial charge is 0.481 e. The number of hydrogen-bond donors (Lipinski definition) is 2. The molecule has 55 heavy (non-hydrogen) atoms. The van der Waals surface area contributed by atoms with Crippen molar-refractivity contribution in [1.82, 2.24) is 4.90 Å². The van der Waals surface area contributed by atoms with E-state index in [1.165, 1.54) is 185 Å². The molecule has 312 valence electrons. The fraction of sp³-hybridized carbons (Fsp3) is 0.720. The van der Waals surface area contributed by atoms with E-state index in [2.05, 4.69) is 65.6 Å². The Hall–Kier alpha value is -2.66. The highest BCUT2D eigenvalue weighted by Crippen LogP contribution is 2.24. The van der Waals surface area contributed by atoms with Crippen LogP contribution in [-0.2, 0) is 22.7 Å². The number of benzene rings is 2. The molecule has 0 fully saturated rings. The Morgan fingerprint density at radius 3 is 0.945 bits per heavy atom. The van der Waals surface area contributed by atoms with Crippen LogP contribution in [-0.4, -0.2) is 33.6 Å². The second kappa shape index (κ2) is 35.7. The van der Waals surface area contributed by atoms with Crippen LogP contribution in [0.5, 0.6) is 0 Å². The molecule has 0 aliphatic carbocycles. The fourth-order valence-electron chi connectivity index (χ4n) is 8.18. The maximum Gasteiger partial charge on any atom is 0.303 e. The Morgan fingerprint density at radius 1 is 0.382 bits per heavy atom. The first-order valence-electron chi connectivity index (χ1n) is 23.3. The molecule has 2 aromatic carbocycles. The van der Waals surface area contributed by atoms with Gasteiger partial charge in [-0.05, 0) is 42.9 Å². The molecule has 0 heterocycles. The van der Waals surface area contributed by atoms with Gasteiger partial charge in [-0.3, -0.25) is 14.5 Å². The van der Waals surface area contributed by atoms with Crippen molar-refractivity contribution < 1.29 is 19.8 Å². The normalized spacial score (nSPS) is 12.0. The molecular weight excluding hydrogens is 679 g/mol. The van der Waals surface area contributed by atoms with E-state index in [9.17, 15) is 9.59 Å². The molecule has 0 amide bonds. The van der Waals surface area contributed by atoms with Crippen molar-refractivity contribution in [2.45, 2.75) is 219 Å². The Kier molecular flexibility index (Phi) is 31.5. The van der Waals surface area contributed by atoms with Gasteiger partial charge >= 0.3 is 11.9 Å². The number of nitrogens with zero attached hydrogens (tertiary/aromatic N) is 1. The molecular formula is C50H83NO4. The van der Waals surface area contributed by atoms with Crippen LogP contribution >= 0.6 is 0 Å². The SMILES string of the molecule is O=C(O)CCCCCCCCCCCCCCCCC(CCCCCCCCCCCCCCCC(=O)O)CCN(Cc1ccccc1)Cc1ccccc1. The van der Waals surface area contributed by atoms with E-state index in [1.807, 2.05) is 0 Å². The zero-order chi connectivity index (χ0) is 39.3. The quantitative estimate of drug-likeness (QED) is 0.0661. The number of carboxylic acid groups (broad SMARTS) is 2. The lowest BCUT2D eigenvalue weighted by molar-refractivity contribution is -0.138.